The summed E-state index contributed by atoms with van der Waals surface area (Å²) in [4.78, 5) is 17.7. The maximum atomic E-state index is 12.2. The molecule has 27 heavy (non-hydrogen) atoms. The van der Waals surface area contributed by atoms with Gasteiger partial charge >= 0.3 is 0 Å². The van der Waals surface area contributed by atoms with Gasteiger partial charge in [-0.3, -0.25) is 10.1 Å². The molecule has 2 aromatic carbocycles. The molecule has 1 heterocycles. The van der Waals surface area contributed by atoms with Crippen LogP contribution in [0.25, 0.3) is 17.3 Å². The molecular formula is C21H19ClN2O2S. The quantitative estimate of drug-likeness (QED) is 0.532. The molecule has 3 rings (SSSR count). The number of carbonyl (C=O) groups is 1. The monoisotopic (exact) mass is 398 g/mol. The summed E-state index contributed by atoms with van der Waals surface area (Å²) in [6.07, 6.45) is 3.25. The second-order valence-corrected chi connectivity index (χ2v) is 7.39. The number of anilines is 1. The van der Waals surface area contributed by atoms with E-state index in [1.165, 1.54) is 17.4 Å². The Hall–Kier alpha value is -2.63. The summed E-state index contributed by atoms with van der Waals surface area (Å²) in [7, 11) is 0. The number of ether oxygens (including phenoxy) is 1. The summed E-state index contributed by atoms with van der Waals surface area (Å²) in [6, 6.07) is 15.1. The zero-order valence-electron chi connectivity index (χ0n) is 15.0. The topological polar surface area (TPSA) is 51.2 Å². The van der Waals surface area contributed by atoms with Gasteiger partial charge in [0.05, 0.1) is 12.3 Å². The maximum absolute atomic E-state index is 12.2. The number of aryl methyl sites for hydroxylation is 1. The van der Waals surface area contributed by atoms with Crippen LogP contribution in [-0.2, 0) is 4.79 Å². The molecule has 0 saturated carbocycles. The molecule has 0 spiro atoms. The summed E-state index contributed by atoms with van der Waals surface area (Å²) in [5.74, 6) is 0.590. The van der Waals surface area contributed by atoms with Gasteiger partial charge in [0.25, 0.3) is 0 Å². The molecule has 138 valence electrons. The summed E-state index contributed by atoms with van der Waals surface area (Å²) in [5.41, 5.74) is 2.74. The zero-order chi connectivity index (χ0) is 19.2. The van der Waals surface area contributed by atoms with Crippen molar-refractivity contribution in [1.29, 1.82) is 0 Å². The summed E-state index contributed by atoms with van der Waals surface area (Å²) in [6.45, 7) is 4.55. The molecule has 0 fully saturated rings. The molecule has 0 radical (unpaired) electrons. The number of halogens is 1. The third kappa shape index (κ3) is 5.18. The number of hydrogen-bond donors (Lipinski definition) is 1. The van der Waals surface area contributed by atoms with Crippen LogP contribution in [0, 0.1) is 6.92 Å². The smallest absolute Gasteiger partial charge is 0.250 e. The number of carbonyl (C=O) groups excluding carboxylic acids is 1. The molecule has 0 aliphatic rings. The van der Waals surface area contributed by atoms with Crippen molar-refractivity contribution < 1.29 is 9.53 Å². The average Bonchev–Trinajstić information content (AvgIpc) is 3.02. The van der Waals surface area contributed by atoms with Crippen LogP contribution in [0.4, 0.5) is 5.13 Å². The van der Waals surface area contributed by atoms with Gasteiger partial charge in [0.1, 0.15) is 5.75 Å². The number of hydrogen-bond acceptors (Lipinski definition) is 4. The fourth-order valence-electron chi connectivity index (χ4n) is 2.49. The van der Waals surface area contributed by atoms with E-state index in [4.69, 9.17) is 16.3 Å². The van der Waals surface area contributed by atoms with Crippen LogP contribution in [0.3, 0.4) is 0 Å². The molecule has 1 N–H and O–H groups in total. The van der Waals surface area contributed by atoms with Gasteiger partial charge in [0.2, 0.25) is 5.91 Å². The predicted molar refractivity (Wildman–Crippen MR) is 113 cm³/mol. The molecular weight excluding hydrogens is 380 g/mol. The van der Waals surface area contributed by atoms with Gasteiger partial charge in [-0.25, -0.2) is 4.98 Å². The van der Waals surface area contributed by atoms with E-state index in [0.717, 1.165) is 27.4 Å². The first-order chi connectivity index (χ1) is 13.0. The molecule has 1 aromatic heterocycles. The highest BCUT2D eigenvalue weighted by Crippen LogP contribution is 2.31. The molecule has 0 bridgehead atoms. The number of rotatable bonds is 6. The Morgan fingerprint density at radius 3 is 2.56 bits per heavy atom. The maximum Gasteiger partial charge on any atom is 0.250 e. The van der Waals surface area contributed by atoms with E-state index in [1.54, 1.807) is 6.08 Å². The van der Waals surface area contributed by atoms with Crippen molar-refractivity contribution in [2.45, 2.75) is 13.8 Å². The van der Waals surface area contributed by atoms with Crippen molar-refractivity contribution >= 4 is 40.1 Å². The summed E-state index contributed by atoms with van der Waals surface area (Å²) >= 11 is 7.38. The lowest BCUT2D eigenvalue weighted by Crippen LogP contribution is -2.07. The van der Waals surface area contributed by atoms with E-state index < -0.39 is 0 Å². The molecule has 0 aliphatic heterocycles. The first kappa shape index (κ1) is 19.1. The molecule has 1 amide bonds. The van der Waals surface area contributed by atoms with E-state index in [9.17, 15) is 4.79 Å². The van der Waals surface area contributed by atoms with E-state index in [0.29, 0.717) is 16.8 Å². The van der Waals surface area contributed by atoms with Crippen molar-refractivity contribution in [2.75, 3.05) is 11.9 Å². The Bertz CT molecular complexity index is 947. The number of thiazole rings is 1. The van der Waals surface area contributed by atoms with Crippen molar-refractivity contribution in [3.63, 3.8) is 0 Å². The van der Waals surface area contributed by atoms with E-state index >= 15 is 0 Å². The van der Waals surface area contributed by atoms with Crippen LogP contribution < -0.4 is 10.1 Å². The first-order valence-electron chi connectivity index (χ1n) is 8.50. The molecule has 0 atom stereocenters. The Morgan fingerprint density at radius 2 is 1.89 bits per heavy atom. The van der Waals surface area contributed by atoms with Gasteiger partial charge in [0, 0.05) is 21.5 Å². The lowest BCUT2D eigenvalue weighted by atomic mass is 10.1. The van der Waals surface area contributed by atoms with E-state index in [1.807, 2.05) is 62.4 Å². The van der Waals surface area contributed by atoms with E-state index in [2.05, 4.69) is 10.3 Å². The SMILES string of the molecule is CCOc1ccc(/C=C/C(=O)Nc2nc(-c3ccc(Cl)cc3)c(C)s2)cc1. The summed E-state index contributed by atoms with van der Waals surface area (Å²) in [5, 5.41) is 4.07. The second-order valence-electron chi connectivity index (χ2n) is 5.76. The van der Waals surface area contributed by atoms with Crippen LogP contribution in [0.5, 0.6) is 5.75 Å². The Morgan fingerprint density at radius 1 is 1.19 bits per heavy atom. The van der Waals surface area contributed by atoms with Crippen LogP contribution in [-0.4, -0.2) is 17.5 Å². The number of aromatic nitrogens is 1. The highest BCUT2D eigenvalue weighted by molar-refractivity contribution is 7.16. The fraction of sp³-hybridized carbons (Fsp3) is 0.143. The van der Waals surface area contributed by atoms with Crippen LogP contribution in [0.15, 0.2) is 54.6 Å². The normalized spacial score (nSPS) is 10.9. The first-order valence-corrected chi connectivity index (χ1v) is 9.70. The van der Waals surface area contributed by atoms with Crippen LogP contribution >= 0.6 is 22.9 Å². The third-order valence-electron chi connectivity index (χ3n) is 3.76. The van der Waals surface area contributed by atoms with Crippen molar-refractivity contribution in [1.82, 2.24) is 4.98 Å². The number of nitrogens with zero attached hydrogens (tertiary/aromatic N) is 1. The standard InChI is InChI=1S/C21H19ClN2O2S/c1-3-26-18-11-4-15(5-12-18)6-13-19(25)23-21-24-20(14(2)27-21)16-7-9-17(22)10-8-16/h4-13H,3H2,1-2H3,(H,23,24,25)/b13-6+. The van der Waals surface area contributed by atoms with E-state index in [-0.39, 0.29) is 5.91 Å². The van der Waals surface area contributed by atoms with Gasteiger partial charge < -0.3 is 4.74 Å². The Labute approximate surface area is 167 Å². The molecule has 0 saturated heterocycles. The molecule has 4 nitrogen and oxygen atoms in total. The van der Waals surface area contributed by atoms with Gasteiger partial charge in [-0.05, 0) is 49.8 Å². The second kappa shape index (κ2) is 8.84. The zero-order valence-corrected chi connectivity index (χ0v) is 16.6. The summed E-state index contributed by atoms with van der Waals surface area (Å²) < 4.78 is 5.40. The third-order valence-corrected chi connectivity index (χ3v) is 4.90. The van der Waals surface area contributed by atoms with Crippen LogP contribution in [0.2, 0.25) is 5.02 Å². The minimum absolute atomic E-state index is 0.222. The van der Waals surface area contributed by atoms with Gasteiger partial charge in [0.15, 0.2) is 5.13 Å². The van der Waals surface area contributed by atoms with Gasteiger partial charge in [-0.15, -0.1) is 11.3 Å². The Balaban J connectivity index is 1.65. The predicted octanol–water partition coefficient (Wildman–Crippen LogP) is 5.82. The number of benzene rings is 2. The molecule has 0 unspecified atom stereocenters. The number of nitrogens with one attached hydrogen (secondary N) is 1. The van der Waals surface area contributed by atoms with Crippen molar-refractivity contribution in [3.8, 4) is 17.0 Å². The highest BCUT2D eigenvalue weighted by atomic mass is 35.5. The van der Waals surface area contributed by atoms with Crippen LogP contribution in [0.1, 0.15) is 17.4 Å². The number of amides is 1. The van der Waals surface area contributed by atoms with Gasteiger partial charge in [-0.2, -0.15) is 0 Å². The van der Waals surface area contributed by atoms with Gasteiger partial charge in [-0.1, -0.05) is 35.9 Å². The average molecular weight is 399 g/mol. The largest absolute Gasteiger partial charge is 0.494 e. The minimum atomic E-state index is -0.222. The highest BCUT2D eigenvalue weighted by Gasteiger charge is 2.11. The molecule has 6 heteroatoms. The fourth-order valence-corrected chi connectivity index (χ4v) is 3.45. The lowest BCUT2D eigenvalue weighted by molar-refractivity contribution is -0.111. The lowest BCUT2D eigenvalue weighted by Gasteiger charge is -2.02. The van der Waals surface area contributed by atoms with Crippen molar-refractivity contribution in [3.05, 3.63) is 70.1 Å². The Kier molecular flexibility index (Phi) is 6.27. The molecule has 0 aliphatic carbocycles. The molecule has 3 aromatic rings. The minimum Gasteiger partial charge on any atom is -0.494 e. The van der Waals surface area contributed by atoms with Crippen molar-refractivity contribution in [2.24, 2.45) is 0 Å².